The topological polar surface area (TPSA) is 50.8 Å². The van der Waals surface area contributed by atoms with E-state index in [9.17, 15) is 4.39 Å². The normalized spacial score (nSPS) is 10.3. The number of halogens is 1. The number of methoxy groups -OCH3 is 1. The van der Waals surface area contributed by atoms with Gasteiger partial charge in [-0.2, -0.15) is 5.10 Å². The van der Waals surface area contributed by atoms with E-state index in [-0.39, 0.29) is 5.56 Å². The van der Waals surface area contributed by atoms with Crippen LogP contribution in [0, 0.1) is 12.7 Å². The largest absolute Gasteiger partial charge is 0.496 e. The minimum absolute atomic E-state index is 0.282. The first-order chi connectivity index (χ1) is 7.22. The van der Waals surface area contributed by atoms with E-state index in [2.05, 4.69) is 15.2 Å². The van der Waals surface area contributed by atoms with E-state index in [1.54, 1.807) is 19.1 Å². The molecular formula is C10H10FN3O. The highest BCUT2D eigenvalue weighted by atomic mass is 19.1. The van der Waals surface area contributed by atoms with Crippen molar-refractivity contribution in [2.24, 2.45) is 0 Å². The average Bonchev–Trinajstić information content (AvgIpc) is 2.64. The molecule has 0 amide bonds. The maximum absolute atomic E-state index is 13.6. The molecule has 78 valence electrons. The smallest absolute Gasteiger partial charge is 0.187 e. The van der Waals surface area contributed by atoms with Gasteiger partial charge in [-0.05, 0) is 19.1 Å². The molecule has 0 aliphatic carbocycles. The van der Waals surface area contributed by atoms with Crippen molar-refractivity contribution in [1.82, 2.24) is 15.2 Å². The minimum Gasteiger partial charge on any atom is -0.496 e. The van der Waals surface area contributed by atoms with Crippen molar-refractivity contribution in [2.45, 2.75) is 6.92 Å². The van der Waals surface area contributed by atoms with Crippen LogP contribution >= 0.6 is 0 Å². The van der Waals surface area contributed by atoms with Crippen molar-refractivity contribution in [3.8, 4) is 17.1 Å². The molecule has 1 N–H and O–H groups in total. The fourth-order valence-electron chi connectivity index (χ4n) is 1.35. The summed E-state index contributed by atoms with van der Waals surface area (Å²) in [5, 5.41) is 6.56. The molecule has 2 aromatic rings. The van der Waals surface area contributed by atoms with Crippen molar-refractivity contribution >= 4 is 0 Å². The number of aryl methyl sites for hydroxylation is 1. The first-order valence-electron chi connectivity index (χ1n) is 4.44. The van der Waals surface area contributed by atoms with Crippen molar-refractivity contribution in [1.29, 1.82) is 0 Å². The predicted molar refractivity (Wildman–Crippen MR) is 53.1 cm³/mol. The van der Waals surface area contributed by atoms with Gasteiger partial charge in [0.2, 0.25) is 0 Å². The molecule has 2 rings (SSSR count). The van der Waals surface area contributed by atoms with E-state index in [1.807, 2.05) is 0 Å². The third-order valence-corrected chi connectivity index (χ3v) is 2.02. The molecule has 0 atom stereocenters. The Morgan fingerprint density at radius 3 is 2.80 bits per heavy atom. The zero-order chi connectivity index (χ0) is 10.8. The Morgan fingerprint density at radius 2 is 2.20 bits per heavy atom. The lowest BCUT2D eigenvalue weighted by molar-refractivity contribution is 0.413. The Bertz CT molecular complexity index is 481. The van der Waals surface area contributed by atoms with Gasteiger partial charge in [-0.25, -0.2) is 9.37 Å². The maximum atomic E-state index is 13.6. The number of rotatable bonds is 2. The minimum atomic E-state index is -0.395. The van der Waals surface area contributed by atoms with Gasteiger partial charge in [0.1, 0.15) is 17.4 Å². The van der Waals surface area contributed by atoms with Crippen LogP contribution in [-0.4, -0.2) is 22.3 Å². The van der Waals surface area contributed by atoms with Crippen LogP contribution in [0.25, 0.3) is 11.4 Å². The number of benzene rings is 1. The molecule has 0 aliphatic rings. The molecule has 1 aromatic heterocycles. The van der Waals surface area contributed by atoms with Crippen molar-refractivity contribution in [2.75, 3.05) is 7.11 Å². The number of hydrogen-bond donors (Lipinski definition) is 1. The highest BCUT2D eigenvalue weighted by Crippen LogP contribution is 2.29. The maximum Gasteiger partial charge on any atom is 0.187 e. The van der Waals surface area contributed by atoms with Gasteiger partial charge in [0, 0.05) is 0 Å². The van der Waals surface area contributed by atoms with Gasteiger partial charge >= 0.3 is 0 Å². The number of nitrogens with one attached hydrogen (secondary N) is 1. The van der Waals surface area contributed by atoms with Crippen LogP contribution in [0.4, 0.5) is 4.39 Å². The van der Waals surface area contributed by atoms with Crippen LogP contribution in [0.1, 0.15) is 5.82 Å². The van der Waals surface area contributed by atoms with E-state index >= 15 is 0 Å². The monoisotopic (exact) mass is 207 g/mol. The van der Waals surface area contributed by atoms with Crippen LogP contribution in [-0.2, 0) is 0 Å². The lowest BCUT2D eigenvalue weighted by Crippen LogP contribution is -1.93. The van der Waals surface area contributed by atoms with Crippen molar-refractivity contribution < 1.29 is 9.13 Å². The van der Waals surface area contributed by atoms with Crippen molar-refractivity contribution in [3.05, 3.63) is 29.8 Å². The van der Waals surface area contributed by atoms with Crippen LogP contribution in [0.15, 0.2) is 18.2 Å². The Kier molecular flexibility index (Phi) is 2.37. The molecule has 0 unspecified atom stereocenters. The fourth-order valence-corrected chi connectivity index (χ4v) is 1.35. The second kappa shape index (κ2) is 3.68. The van der Waals surface area contributed by atoms with E-state index in [1.165, 1.54) is 13.2 Å². The van der Waals surface area contributed by atoms with E-state index in [0.29, 0.717) is 17.4 Å². The molecule has 5 heteroatoms. The molecule has 1 aromatic carbocycles. The summed E-state index contributed by atoms with van der Waals surface area (Å²) in [6, 6.07) is 4.60. The summed E-state index contributed by atoms with van der Waals surface area (Å²) in [5.41, 5.74) is 0.282. The third kappa shape index (κ3) is 1.68. The zero-order valence-corrected chi connectivity index (χ0v) is 8.41. The average molecular weight is 207 g/mol. The van der Waals surface area contributed by atoms with Gasteiger partial charge < -0.3 is 4.74 Å². The van der Waals surface area contributed by atoms with Gasteiger partial charge in [-0.15, -0.1) is 0 Å². The van der Waals surface area contributed by atoms with Gasteiger partial charge in [-0.1, -0.05) is 6.07 Å². The molecule has 4 nitrogen and oxygen atoms in total. The van der Waals surface area contributed by atoms with Gasteiger partial charge in [-0.3, -0.25) is 5.10 Å². The molecule has 0 bridgehead atoms. The Labute approximate surface area is 86.1 Å². The fraction of sp³-hybridized carbons (Fsp3) is 0.200. The summed E-state index contributed by atoms with van der Waals surface area (Å²) in [5.74, 6) is 0.972. The van der Waals surface area contributed by atoms with Crippen LogP contribution in [0.3, 0.4) is 0 Å². The predicted octanol–water partition coefficient (Wildman–Crippen LogP) is 1.93. The number of hydrogen-bond acceptors (Lipinski definition) is 3. The third-order valence-electron chi connectivity index (χ3n) is 2.02. The Balaban J connectivity index is 2.60. The number of aromatic amines is 1. The molecular weight excluding hydrogens is 197 g/mol. The number of ether oxygens (including phenoxy) is 1. The molecule has 0 aliphatic heterocycles. The first kappa shape index (κ1) is 9.64. The molecule has 0 fully saturated rings. The standard InChI is InChI=1S/C10H10FN3O/c1-6-12-10(14-13-6)9-7(11)4-3-5-8(9)15-2/h3-5H,1-2H3,(H,12,13,14). The summed E-state index contributed by atoms with van der Waals surface area (Å²) in [6.07, 6.45) is 0. The summed E-state index contributed by atoms with van der Waals surface area (Å²) < 4.78 is 18.6. The van der Waals surface area contributed by atoms with E-state index in [0.717, 1.165) is 0 Å². The lowest BCUT2D eigenvalue weighted by Gasteiger charge is -2.05. The number of aromatic nitrogens is 3. The van der Waals surface area contributed by atoms with Gasteiger partial charge in [0.05, 0.1) is 12.7 Å². The number of H-pyrrole nitrogens is 1. The highest BCUT2D eigenvalue weighted by Gasteiger charge is 2.15. The second-order valence-electron chi connectivity index (χ2n) is 3.06. The summed E-state index contributed by atoms with van der Waals surface area (Å²) in [4.78, 5) is 4.06. The molecule has 0 saturated heterocycles. The Hall–Kier alpha value is -1.91. The summed E-state index contributed by atoms with van der Waals surface area (Å²) >= 11 is 0. The van der Waals surface area contributed by atoms with Crippen LogP contribution in [0.2, 0.25) is 0 Å². The Morgan fingerprint density at radius 1 is 1.40 bits per heavy atom. The van der Waals surface area contributed by atoms with Gasteiger partial charge in [0.15, 0.2) is 5.82 Å². The SMILES string of the molecule is COc1cccc(F)c1-c1n[nH]c(C)n1. The highest BCUT2D eigenvalue weighted by molar-refractivity contribution is 5.64. The van der Waals surface area contributed by atoms with E-state index in [4.69, 9.17) is 4.74 Å². The van der Waals surface area contributed by atoms with E-state index < -0.39 is 5.82 Å². The van der Waals surface area contributed by atoms with Gasteiger partial charge in [0.25, 0.3) is 0 Å². The number of nitrogens with zero attached hydrogens (tertiary/aromatic N) is 2. The molecule has 1 heterocycles. The summed E-state index contributed by atoms with van der Waals surface area (Å²) in [7, 11) is 1.48. The van der Waals surface area contributed by atoms with Crippen LogP contribution < -0.4 is 4.74 Å². The second-order valence-corrected chi connectivity index (χ2v) is 3.06. The van der Waals surface area contributed by atoms with Crippen LogP contribution in [0.5, 0.6) is 5.75 Å². The summed E-state index contributed by atoms with van der Waals surface area (Å²) in [6.45, 7) is 1.75. The first-order valence-corrected chi connectivity index (χ1v) is 4.44. The molecule has 0 radical (unpaired) electrons. The lowest BCUT2D eigenvalue weighted by atomic mass is 10.2. The molecule has 0 saturated carbocycles. The quantitative estimate of drug-likeness (QED) is 0.818. The van der Waals surface area contributed by atoms with Crippen molar-refractivity contribution in [3.63, 3.8) is 0 Å². The zero-order valence-electron chi connectivity index (χ0n) is 8.41. The molecule has 15 heavy (non-hydrogen) atoms. The molecule has 0 spiro atoms.